The Morgan fingerprint density at radius 1 is 1.23 bits per heavy atom. The van der Waals surface area contributed by atoms with Crippen molar-refractivity contribution >= 4 is 11.0 Å². The van der Waals surface area contributed by atoms with Crippen molar-refractivity contribution in [3.63, 3.8) is 0 Å². The van der Waals surface area contributed by atoms with Gasteiger partial charge in [-0.2, -0.15) is 5.10 Å². The van der Waals surface area contributed by atoms with Crippen LogP contribution in [0.4, 0.5) is 4.39 Å². The Morgan fingerprint density at radius 2 is 2.19 bits per heavy atom. The molecule has 0 radical (unpaired) electrons. The quantitative estimate of drug-likeness (QED) is 0.582. The van der Waals surface area contributed by atoms with Crippen LogP contribution in [0.5, 0.6) is 0 Å². The highest BCUT2D eigenvalue weighted by molar-refractivity contribution is 5.75. The van der Waals surface area contributed by atoms with Crippen molar-refractivity contribution in [3.8, 4) is 11.5 Å². The van der Waals surface area contributed by atoms with Crippen molar-refractivity contribution in [2.75, 3.05) is 6.54 Å². The number of aromatic nitrogens is 4. The van der Waals surface area contributed by atoms with Gasteiger partial charge in [0.15, 0.2) is 5.76 Å². The Morgan fingerprint density at radius 3 is 3.08 bits per heavy atom. The Hall–Kier alpha value is -2.93. The summed E-state index contributed by atoms with van der Waals surface area (Å²) >= 11 is 0. The molecule has 0 amide bonds. The van der Waals surface area contributed by atoms with Crippen molar-refractivity contribution in [3.05, 3.63) is 60.0 Å². The van der Waals surface area contributed by atoms with E-state index in [2.05, 4.69) is 25.1 Å². The number of nitrogens with one attached hydrogen (secondary N) is 2. The largest absolute Gasteiger partial charge is 0.458 e. The molecule has 132 valence electrons. The first-order chi connectivity index (χ1) is 12.8. The Bertz CT molecular complexity index is 1040. The maximum atomic E-state index is 13.4. The van der Waals surface area contributed by atoms with E-state index in [9.17, 15) is 4.39 Å². The second-order valence-electron chi connectivity index (χ2n) is 6.65. The molecular formula is C19H18FN5O. The van der Waals surface area contributed by atoms with Crippen molar-refractivity contribution in [2.45, 2.75) is 25.4 Å². The fraction of sp³-hybridized carbons (Fsp3) is 0.263. The van der Waals surface area contributed by atoms with Crippen molar-refractivity contribution in [2.24, 2.45) is 0 Å². The molecule has 1 fully saturated rings. The van der Waals surface area contributed by atoms with Crippen LogP contribution in [0.3, 0.4) is 0 Å². The second kappa shape index (κ2) is 6.10. The maximum absolute atomic E-state index is 13.4. The lowest BCUT2D eigenvalue weighted by molar-refractivity contribution is 0.222. The van der Waals surface area contributed by atoms with Gasteiger partial charge in [0, 0.05) is 6.20 Å². The molecule has 5 rings (SSSR count). The van der Waals surface area contributed by atoms with Crippen LogP contribution in [-0.4, -0.2) is 31.6 Å². The molecule has 0 spiro atoms. The molecule has 4 heterocycles. The summed E-state index contributed by atoms with van der Waals surface area (Å²) in [5.74, 6) is 2.33. The van der Waals surface area contributed by atoms with E-state index >= 15 is 0 Å². The molecule has 0 saturated carbocycles. The van der Waals surface area contributed by atoms with Crippen LogP contribution in [0.1, 0.15) is 30.5 Å². The summed E-state index contributed by atoms with van der Waals surface area (Å²) in [5.41, 5.74) is 2.41. The number of halogens is 1. The molecule has 1 aliphatic heterocycles. The van der Waals surface area contributed by atoms with Gasteiger partial charge in [0.1, 0.15) is 23.1 Å². The van der Waals surface area contributed by atoms with Gasteiger partial charge in [0.2, 0.25) is 0 Å². The zero-order chi connectivity index (χ0) is 17.5. The minimum atomic E-state index is -0.252. The summed E-state index contributed by atoms with van der Waals surface area (Å²) in [6, 6.07) is 10.7. The normalized spacial score (nSPS) is 18.1. The first-order valence-electron chi connectivity index (χ1n) is 8.74. The predicted molar refractivity (Wildman–Crippen MR) is 94.7 cm³/mol. The number of hydrogen-bond acceptors (Lipinski definition) is 4. The third-order valence-corrected chi connectivity index (χ3v) is 4.93. The Balaban J connectivity index is 1.38. The number of rotatable bonds is 4. The van der Waals surface area contributed by atoms with E-state index in [-0.39, 0.29) is 11.9 Å². The number of imidazole rings is 1. The first-order valence-corrected chi connectivity index (χ1v) is 8.74. The average Bonchev–Trinajstić information content (AvgIpc) is 3.41. The van der Waals surface area contributed by atoms with Crippen LogP contribution >= 0.6 is 0 Å². The molecule has 1 atom stereocenters. The predicted octanol–water partition coefficient (Wildman–Crippen LogP) is 4.02. The highest BCUT2D eigenvalue weighted by Crippen LogP contribution is 2.33. The number of hydrogen-bond donors (Lipinski definition) is 2. The van der Waals surface area contributed by atoms with Gasteiger partial charge >= 0.3 is 0 Å². The minimum Gasteiger partial charge on any atom is -0.458 e. The SMILES string of the molecule is Fc1ccc2nc([C@H]3CCCN3Cc3ccc(-c4ccn[nH]4)o3)[nH]c2c1. The highest BCUT2D eigenvalue weighted by Gasteiger charge is 2.29. The van der Waals surface area contributed by atoms with Gasteiger partial charge in [0.25, 0.3) is 0 Å². The van der Waals surface area contributed by atoms with E-state index in [0.29, 0.717) is 6.54 Å². The molecule has 0 aliphatic carbocycles. The molecule has 0 bridgehead atoms. The summed E-state index contributed by atoms with van der Waals surface area (Å²) in [6.07, 6.45) is 3.83. The summed E-state index contributed by atoms with van der Waals surface area (Å²) in [5, 5.41) is 6.87. The summed E-state index contributed by atoms with van der Waals surface area (Å²) < 4.78 is 19.4. The van der Waals surface area contributed by atoms with Crippen molar-refractivity contribution in [1.82, 2.24) is 25.1 Å². The number of furan rings is 1. The molecule has 0 unspecified atom stereocenters. The van der Waals surface area contributed by atoms with Gasteiger partial charge in [-0.15, -0.1) is 0 Å². The van der Waals surface area contributed by atoms with Crippen molar-refractivity contribution in [1.29, 1.82) is 0 Å². The van der Waals surface area contributed by atoms with Crippen LogP contribution in [-0.2, 0) is 6.54 Å². The number of nitrogens with zero attached hydrogens (tertiary/aromatic N) is 3. The minimum absolute atomic E-state index is 0.186. The van der Waals surface area contributed by atoms with Gasteiger partial charge in [-0.3, -0.25) is 10.00 Å². The zero-order valence-corrected chi connectivity index (χ0v) is 14.1. The van der Waals surface area contributed by atoms with Gasteiger partial charge in [-0.25, -0.2) is 9.37 Å². The molecule has 4 aromatic rings. The van der Waals surface area contributed by atoms with Crippen LogP contribution in [0.25, 0.3) is 22.5 Å². The Kier molecular flexibility index (Phi) is 3.60. The van der Waals surface area contributed by atoms with Gasteiger partial charge in [-0.05, 0) is 55.8 Å². The third-order valence-electron chi connectivity index (χ3n) is 4.93. The topological polar surface area (TPSA) is 73.7 Å². The molecule has 26 heavy (non-hydrogen) atoms. The molecule has 1 aromatic carbocycles. The molecule has 3 aromatic heterocycles. The fourth-order valence-electron chi connectivity index (χ4n) is 3.69. The fourth-order valence-corrected chi connectivity index (χ4v) is 3.69. The Labute approximate surface area is 149 Å². The number of aromatic amines is 2. The molecule has 7 heteroatoms. The van der Waals surface area contributed by atoms with E-state index in [1.807, 2.05) is 18.2 Å². The monoisotopic (exact) mass is 351 g/mol. The van der Waals surface area contributed by atoms with Crippen molar-refractivity contribution < 1.29 is 8.81 Å². The van der Waals surface area contributed by atoms with Crippen LogP contribution in [0.15, 0.2) is 47.0 Å². The molecule has 2 N–H and O–H groups in total. The van der Waals surface area contributed by atoms with E-state index in [4.69, 9.17) is 4.42 Å². The lowest BCUT2D eigenvalue weighted by Gasteiger charge is -2.21. The standard InChI is InChI=1S/C19H18FN5O/c20-12-3-5-14-16(10-12)23-19(22-14)17-2-1-9-25(17)11-13-4-6-18(26-13)15-7-8-21-24-15/h3-8,10,17H,1-2,9,11H2,(H,21,24)(H,22,23)/t17-/m1/s1. The first kappa shape index (κ1) is 15.3. The van der Waals surface area contributed by atoms with Gasteiger partial charge in [0.05, 0.1) is 23.6 Å². The number of fused-ring (bicyclic) bond motifs is 1. The van der Waals surface area contributed by atoms with E-state index in [1.165, 1.54) is 12.1 Å². The van der Waals surface area contributed by atoms with E-state index in [1.54, 1.807) is 12.3 Å². The number of likely N-dealkylation sites (tertiary alicyclic amines) is 1. The van der Waals surface area contributed by atoms with Gasteiger partial charge < -0.3 is 9.40 Å². The summed E-state index contributed by atoms with van der Waals surface area (Å²) in [7, 11) is 0. The van der Waals surface area contributed by atoms with Crippen LogP contribution < -0.4 is 0 Å². The summed E-state index contributed by atoms with van der Waals surface area (Å²) in [4.78, 5) is 10.3. The second-order valence-corrected chi connectivity index (χ2v) is 6.65. The van der Waals surface area contributed by atoms with E-state index in [0.717, 1.165) is 53.5 Å². The highest BCUT2D eigenvalue weighted by atomic mass is 19.1. The molecular weight excluding hydrogens is 333 g/mol. The third kappa shape index (κ3) is 2.70. The van der Waals surface area contributed by atoms with Crippen LogP contribution in [0, 0.1) is 5.82 Å². The lowest BCUT2D eigenvalue weighted by atomic mass is 10.2. The van der Waals surface area contributed by atoms with E-state index < -0.39 is 0 Å². The maximum Gasteiger partial charge on any atom is 0.152 e. The smallest absolute Gasteiger partial charge is 0.152 e. The molecule has 6 nitrogen and oxygen atoms in total. The number of H-pyrrole nitrogens is 2. The molecule has 1 aliphatic rings. The average molecular weight is 351 g/mol. The van der Waals surface area contributed by atoms with Crippen LogP contribution in [0.2, 0.25) is 0 Å². The lowest BCUT2D eigenvalue weighted by Crippen LogP contribution is -2.23. The van der Waals surface area contributed by atoms with Gasteiger partial charge in [-0.1, -0.05) is 0 Å². The molecule has 1 saturated heterocycles. The zero-order valence-electron chi connectivity index (χ0n) is 14.1. The summed E-state index contributed by atoms with van der Waals surface area (Å²) in [6.45, 7) is 1.69. The number of benzene rings is 1.